The van der Waals surface area contributed by atoms with E-state index in [-0.39, 0.29) is 31.3 Å². The van der Waals surface area contributed by atoms with Gasteiger partial charge < -0.3 is 35.7 Å². The van der Waals surface area contributed by atoms with E-state index in [0.717, 1.165) is 41.8 Å². The van der Waals surface area contributed by atoms with Gasteiger partial charge in [0.1, 0.15) is 30.2 Å². The molecule has 2 aromatic heterocycles. The number of aromatic amines is 1. The van der Waals surface area contributed by atoms with Gasteiger partial charge in [0.05, 0.1) is 12.4 Å². The summed E-state index contributed by atoms with van der Waals surface area (Å²) in [5.41, 5.74) is 8.62. The number of nitrogens with one attached hydrogen (secondary N) is 2. The van der Waals surface area contributed by atoms with E-state index in [1.807, 2.05) is 18.2 Å². The van der Waals surface area contributed by atoms with Gasteiger partial charge in [0, 0.05) is 31.6 Å². The molecule has 1 saturated heterocycles. The molecule has 2 aliphatic rings. The van der Waals surface area contributed by atoms with E-state index >= 15 is 0 Å². The molecule has 5 N–H and O–H groups in total. The first-order valence-corrected chi connectivity index (χ1v) is 12.6. The van der Waals surface area contributed by atoms with Crippen molar-refractivity contribution in [3.05, 3.63) is 42.0 Å². The Labute approximate surface area is 218 Å². The lowest BCUT2D eigenvalue weighted by Crippen LogP contribution is -2.49. The molecule has 13 heteroatoms. The molecule has 3 aromatic rings. The van der Waals surface area contributed by atoms with Crippen molar-refractivity contribution in [2.45, 2.75) is 50.7 Å². The summed E-state index contributed by atoms with van der Waals surface area (Å²) in [5, 5.41) is 11.4. The Morgan fingerprint density at radius 3 is 2.92 bits per heavy atom. The number of amides is 3. The minimum absolute atomic E-state index is 0.00575. The fourth-order valence-corrected chi connectivity index (χ4v) is 5.22. The summed E-state index contributed by atoms with van der Waals surface area (Å²) < 4.78 is 6.34. The number of carbonyl (C=O) groups excluding carboxylic acids is 2. The maximum atomic E-state index is 13.2. The van der Waals surface area contributed by atoms with Crippen molar-refractivity contribution in [1.29, 1.82) is 0 Å². The highest BCUT2D eigenvalue weighted by Gasteiger charge is 2.31. The van der Waals surface area contributed by atoms with Crippen molar-refractivity contribution in [3.8, 4) is 5.75 Å². The van der Waals surface area contributed by atoms with Crippen LogP contribution in [0.5, 0.6) is 5.75 Å². The Morgan fingerprint density at radius 2 is 2.11 bits per heavy atom. The average molecular weight is 523 g/mol. The van der Waals surface area contributed by atoms with Gasteiger partial charge >= 0.3 is 6.09 Å². The van der Waals surface area contributed by atoms with Crippen LogP contribution in [0.2, 0.25) is 0 Å². The van der Waals surface area contributed by atoms with Crippen molar-refractivity contribution in [2.75, 3.05) is 24.6 Å². The van der Waals surface area contributed by atoms with E-state index in [1.54, 1.807) is 11.2 Å². The zero-order valence-electron chi connectivity index (χ0n) is 20.8. The molecule has 0 saturated carbocycles. The molecule has 3 amide bonds. The van der Waals surface area contributed by atoms with Gasteiger partial charge in [-0.05, 0) is 37.3 Å². The van der Waals surface area contributed by atoms with E-state index in [9.17, 15) is 19.5 Å². The van der Waals surface area contributed by atoms with Gasteiger partial charge in [-0.25, -0.2) is 19.7 Å². The number of nitrogens with zero attached hydrogens (tertiary/aromatic N) is 5. The predicted octanol–water partition coefficient (Wildman–Crippen LogP) is 1.19. The number of aromatic nitrogens is 4. The fraction of sp³-hybridized carbons (Fsp3) is 0.440. The normalized spacial score (nSPS) is 17.7. The zero-order chi connectivity index (χ0) is 26.6. The first-order chi connectivity index (χ1) is 18.4. The number of carbonyl (C=O) groups is 3. The Hall–Kier alpha value is -4.42. The van der Waals surface area contributed by atoms with Crippen molar-refractivity contribution in [2.24, 2.45) is 5.73 Å². The number of fused-ring (bicyclic) bond motifs is 2. The Morgan fingerprint density at radius 1 is 1.24 bits per heavy atom. The summed E-state index contributed by atoms with van der Waals surface area (Å²) in [5.74, 6) is 0.495. The number of H-pyrrole nitrogens is 1. The third-order valence-electron chi connectivity index (χ3n) is 7.10. The smallest absolute Gasteiger partial charge is 0.405 e. The lowest BCUT2D eigenvalue weighted by molar-refractivity contribution is -0.134. The predicted molar refractivity (Wildman–Crippen MR) is 136 cm³/mol. The van der Waals surface area contributed by atoms with E-state index < -0.39 is 18.0 Å². The van der Waals surface area contributed by atoms with Gasteiger partial charge in [0.2, 0.25) is 11.8 Å². The van der Waals surface area contributed by atoms with Crippen LogP contribution in [0.25, 0.3) is 11.2 Å². The lowest BCUT2D eigenvalue weighted by atomic mass is 9.97. The maximum Gasteiger partial charge on any atom is 0.405 e. The van der Waals surface area contributed by atoms with Gasteiger partial charge in [-0.3, -0.25) is 9.59 Å². The van der Waals surface area contributed by atoms with E-state index in [0.29, 0.717) is 31.0 Å². The van der Waals surface area contributed by atoms with Crippen LogP contribution >= 0.6 is 0 Å². The molecular formula is C25H30N8O5. The molecular weight excluding hydrogens is 492 g/mol. The summed E-state index contributed by atoms with van der Waals surface area (Å²) >= 11 is 0. The number of nitrogens with two attached hydrogens (primary N) is 1. The van der Waals surface area contributed by atoms with Gasteiger partial charge in [-0.1, -0.05) is 12.1 Å². The van der Waals surface area contributed by atoms with Crippen molar-refractivity contribution < 1.29 is 24.2 Å². The summed E-state index contributed by atoms with van der Waals surface area (Å²) in [7, 11) is 0. The molecule has 38 heavy (non-hydrogen) atoms. The van der Waals surface area contributed by atoms with Crippen molar-refractivity contribution in [1.82, 2.24) is 30.2 Å². The van der Waals surface area contributed by atoms with Crippen molar-refractivity contribution in [3.63, 3.8) is 0 Å². The molecule has 13 nitrogen and oxygen atoms in total. The van der Waals surface area contributed by atoms with Crippen molar-refractivity contribution >= 4 is 34.9 Å². The topological polar surface area (TPSA) is 180 Å². The van der Waals surface area contributed by atoms with Gasteiger partial charge in [-0.15, -0.1) is 0 Å². The van der Waals surface area contributed by atoms with Crippen LogP contribution in [-0.4, -0.2) is 79.6 Å². The second-order valence-corrected chi connectivity index (χ2v) is 9.51. The highest BCUT2D eigenvalue weighted by atomic mass is 16.5. The minimum Gasteiger partial charge on any atom is -0.491 e. The quantitative estimate of drug-likeness (QED) is 0.321. The summed E-state index contributed by atoms with van der Waals surface area (Å²) in [6.07, 6.45) is 4.28. The van der Waals surface area contributed by atoms with Crippen LogP contribution in [0, 0.1) is 0 Å². The second kappa shape index (κ2) is 10.9. The molecule has 2 atom stereocenters. The van der Waals surface area contributed by atoms with Gasteiger partial charge in [-0.2, -0.15) is 0 Å². The number of benzene rings is 1. The molecule has 200 valence electrons. The van der Waals surface area contributed by atoms with Crippen LogP contribution in [0.4, 0.5) is 10.6 Å². The van der Waals surface area contributed by atoms with Crippen LogP contribution in [0.1, 0.15) is 36.8 Å². The third-order valence-corrected chi connectivity index (χ3v) is 7.10. The zero-order valence-corrected chi connectivity index (χ0v) is 20.8. The van der Waals surface area contributed by atoms with Crippen LogP contribution in [-0.2, 0) is 22.6 Å². The minimum atomic E-state index is -1.33. The Balaban J connectivity index is 1.29. The number of anilines is 1. The summed E-state index contributed by atoms with van der Waals surface area (Å²) in [4.78, 5) is 55.6. The van der Waals surface area contributed by atoms with Crippen LogP contribution in [0.3, 0.4) is 0 Å². The average Bonchev–Trinajstić information content (AvgIpc) is 3.58. The molecule has 0 bridgehead atoms. The maximum absolute atomic E-state index is 13.2. The number of ether oxygens (including phenoxy) is 1. The number of hydrogen-bond donors (Lipinski definition) is 4. The third kappa shape index (κ3) is 5.31. The Kier molecular flexibility index (Phi) is 7.24. The highest BCUT2D eigenvalue weighted by molar-refractivity contribution is 5.86. The summed E-state index contributed by atoms with van der Waals surface area (Å²) in [6.45, 7) is 1.99. The molecule has 0 radical (unpaired) electrons. The summed E-state index contributed by atoms with van der Waals surface area (Å²) in [6, 6.07) is 4.90. The number of imidazole rings is 1. The van der Waals surface area contributed by atoms with Crippen LogP contribution < -0.4 is 20.7 Å². The number of rotatable bonds is 9. The standard InChI is InChI=1S/C25H30N8O5/c26-20(34)7-6-18(31-25(36)37)24(35)32-10-8-15-3-1-5-19(17(15)11-32)38-12-16-4-2-9-33(16)23-21-22(28-13-27-21)29-14-30-23/h1,3,5,13-14,16,18,31H,2,4,6-12H2,(H2,26,34)(H,36,37)(H,27,28,29,30)/t16?,18-/m0/s1. The van der Waals surface area contributed by atoms with E-state index in [1.165, 1.54) is 6.33 Å². The molecule has 5 rings (SSSR count). The van der Waals surface area contributed by atoms with Gasteiger partial charge in [0.25, 0.3) is 0 Å². The molecule has 0 spiro atoms. The molecule has 0 aliphatic carbocycles. The second-order valence-electron chi connectivity index (χ2n) is 9.51. The first kappa shape index (κ1) is 25.2. The number of hydrogen-bond acceptors (Lipinski definition) is 8. The number of carboxylic acid groups (broad SMARTS) is 1. The lowest BCUT2D eigenvalue weighted by Gasteiger charge is -2.33. The van der Waals surface area contributed by atoms with E-state index in [2.05, 4.69) is 30.2 Å². The molecule has 1 unspecified atom stereocenters. The monoisotopic (exact) mass is 522 g/mol. The van der Waals surface area contributed by atoms with E-state index in [4.69, 9.17) is 10.5 Å². The molecule has 1 aromatic carbocycles. The fourth-order valence-electron chi connectivity index (χ4n) is 5.22. The van der Waals surface area contributed by atoms with Gasteiger partial charge in [0.15, 0.2) is 11.5 Å². The molecule has 2 aliphatic heterocycles. The highest BCUT2D eigenvalue weighted by Crippen LogP contribution is 2.31. The largest absolute Gasteiger partial charge is 0.491 e. The SMILES string of the molecule is NC(=O)CC[C@H](NC(=O)O)C(=O)N1CCc2cccc(OCC3CCCN3c3ncnc4[nH]cnc34)c2C1. The number of primary amides is 1. The van der Waals surface area contributed by atoms with Crippen LogP contribution in [0.15, 0.2) is 30.9 Å². The first-order valence-electron chi connectivity index (χ1n) is 12.6. The molecule has 1 fully saturated rings. The Bertz CT molecular complexity index is 1340. The molecule has 4 heterocycles.